The van der Waals surface area contributed by atoms with Crippen LogP contribution in [0, 0.1) is 0 Å². The Morgan fingerprint density at radius 1 is 1.00 bits per heavy atom. The molecule has 5 nitrogen and oxygen atoms in total. The fourth-order valence-corrected chi connectivity index (χ4v) is 3.68. The van der Waals surface area contributed by atoms with E-state index in [-0.39, 0.29) is 17.7 Å². The SMILES string of the molecule is CCCN(Cc1cc(NC(=O)CC)ccc1N(C)C)C(=O)[C@H](CC)c1ccccc1. The highest BCUT2D eigenvalue weighted by Crippen LogP contribution is 2.28. The normalized spacial score (nSPS) is 11.6. The van der Waals surface area contributed by atoms with Crippen molar-refractivity contribution >= 4 is 23.2 Å². The molecule has 30 heavy (non-hydrogen) atoms. The van der Waals surface area contributed by atoms with E-state index in [0.717, 1.165) is 35.3 Å². The van der Waals surface area contributed by atoms with E-state index in [9.17, 15) is 9.59 Å². The minimum atomic E-state index is -0.150. The van der Waals surface area contributed by atoms with E-state index in [1.54, 1.807) is 0 Å². The molecule has 0 aromatic heterocycles. The Labute approximate surface area is 181 Å². The van der Waals surface area contributed by atoms with Crippen molar-refractivity contribution < 1.29 is 9.59 Å². The summed E-state index contributed by atoms with van der Waals surface area (Å²) in [5.41, 5.74) is 3.90. The van der Waals surface area contributed by atoms with Crippen LogP contribution in [-0.2, 0) is 16.1 Å². The third kappa shape index (κ3) is 6.09. The van der Waals surface area contributed by atoms with E-state index in [1.807, 2.05) is 79.3 Å². The molecule has 0 saturated carbocycles. The predicted molar refractivity (Wildman–Crippen MR) is 125 cm³/mol. The summed E-state index contributed by atoms with van der Waals surface area (Å²) in [4.78, 5) is 29.3. The van der Waals surface area contributed by atoms with Crippen LogP contribution in [0.2, 0.25) is 0 Å². The van der Waals surface area contributed by atoms with Crippen molar-refractivity contribution in [2.45, 2.75) is 52.5 Å². The minimum Gasteiger partial charge on any atom is -0.377 e. The van der Waals surface area contributed by atoms with Crippen molar-refractivity contribution in [2.75, 3.05) is 30.9 Å². The highest BCUT2D eigenvalue weighted by molar-refractivity contribution is 5.91. The second-order valence-corrected chi connectivity index (χ2v) is 7.77. The summed E-state index contributed by atoms with van der Waals surface area (Å²) in [6.45, 7) is 7.20. The summed E-state index contributed by atoms with van der Waals surface area (Å²) in [5.74, 6) is -0.0167. The molecule has 0 aliphatic heterocycles. The van der Waals surface area contributed by atoms with Gasteiger partial charge in [0.2, 0.25) is 11.8 Å². The molecule has 0 heterocycles. The summed E-state index contributed by atoms with van der Waals surface area (Å²) in [7, 11) is 3.99. The Bertz CT molecular complexity index is 834. The second-order valence-electron chi connectivity index (χ2n) is 7.77. The smallest absolute Gasteiger partial charge is 0.230 e. The van der Waals surface area contributed by atoms with Crippen LogP contribution in [0.3, 0.4) is 0 Å². The fourth-order valence-electron chi connectivity index (χ4n) is 3.68. The van der Waals surface area contributed by atoms with E-state index in [1.165, 1.54) is 0 Å². The molecule has 0 saturated heterocycles. The molecule has 0 bridgehead atoms. The number of nitrogens with one attached hydrogen (secondary N) is 1. The summed E-state index contributed by atoms with van der Waals surface area (Å²) in [6.07, 6.45) is 2.08. The number of hydrogen-bond donors (Lipinski definition) is 1. The molecule has 0 radical (unpaired) electrons. The van der Waals surface area contributed by atoms with Crippen LogP contribution < -0.4 is 10.2 Å². The number of benzene rings is 2. The topological polar surface area (TPSA) is 52.7 Å². The quantitative estimate of drug-likeness (QED) is 0.598. The first-order valence-corrected chi connectivity index (χ1v) is 10.8. The third-order valence-electron chi connectivity index (χ3n) is 5.24. The van der Waals surface area contributed by atoms with Crippen molar-refractivity contribution in [3.63, 3.8) is 0 Å². The number of amides is 2. The van der Waals surface area contributed by atoms with Gasteiger partial charge in [-0.1, -0.05) is 51.1 Å². The van der Waals surface area contributed by atoms with Gasteiger partial charge in [-0.2, -0.15) is 0 Å². The lowest BCUT2D eigenvalue weighted by molar-refractivity contribution is -0.133. The maximum absolute atomic E-state index is 13.5. The molecule has 2 aromatic carbocycles. The molecule has 0 aliphatic rings. The van der Waals surface area contributed by atoms with Gasteiger partial charge < -0.3 is 15.1 Å². The van der Waals surface area contributed by atoms with Crippen molar-refractivity contribution in [3.8, 4) is 0 Å². The van der Waals surface area contributed by atoms with Crippen LogP contribution in [0.15, 0.2) is 48.5 Å². The van der Waals surface area contributed by atoms with Crippen LogP contribution in [0.1, 0.15) is 57.1 Å². The number of rotatable bonds is 10. The highest BCUT2D eigenvalue weighted by atomic mass is 16.2. The summed E-state index contributed by atoms with van der Waals surface area (Å²) >= 11 is 0. The first-order chi connectivity index (χ1) is 14.4. The van der Waals surface area contributed by atoms with Crippen molar-refractivity contribution in [3.05, 3.63) is 59.7 Å². The lowest BCUT2D eigenvalue weighted by Gasteiger charge is -2.29. The van der Waals surface area contributed by atoms with Gasteiger partial charge in [-0.25, -0.2) is 0 Å². The van der Waals surface area contributed by atoms with Gasteiger partial charge in [0.05, 0.1) is 5.92 Å². The Morgan fingerprint density at radius 2 is 1.70 bits per heavy atom. The van der Waals surface area contributed by atoms with Gasteiger partial charge in [-0.05, 0) is 42.2 Å². The monoisotopic (exact) mass is 409 g/mol. The Kier molecular flexibility index (Phi) is 8.90. The molecule has 162 valence electrons. The van der Waals surface area contributed by atoms with Gasteiger partial charge in [0.15, 0.2) is 0 Å². The lowest BCUT2D eigenvalue weighted by Crippen LogP contribution is -2.35. The number of carbonyl (C=O) groups is 2. The molecule has 5 heteroatoms. The zero-order valence-electron chi connectivity index (χ0n) is 18.9. The first kappa shape index (κ1) is 23.5. The first-order valence-electron chi connectivity index (χ1n) is 10.8. The largest absolute Gasteiger partial charge is 0.377 e. The molecular formula is C25H35N3O2. The summed E-state index contributed by atoms with van der Waals surface area (Å²) < 4.78 is 0. The highest BCUT2D eigenvalue weighted by Gasteiger charge is 2.25. The van der Waals surface area contributed by atoms with Gasteiger partial charge in [0, 0.05) is 45.0 Å². The molecule has 0 spiro atoms. The van der Waals surface area contributed by atoms with Crippen molar-refractivity contribution in [1.82, 2.24) is 4.90 Å². The van der Waals surface area contributed by atoms with Crippen LogP contribution >= 0.6 is 0 Å². The maximum Gasteiger partial charge on any atom is 0.230 e. The zero-order valence-corrected chi connectivity index (χ0v) is 18.9. The van der Waals surface area contributed by atoms with E-state index >= 15 is 0 Å². The molecule has 1 N–H and O–H groups in total. The predicted octanol–water partition coefficient (Wildman–Crippen LogP) is 5.03. The van der Waals surface area contributed by atoms with E-state index < -0.39 is 0 Å². The third-order valence-corrected chi connectivity index (χ3v) is 5.24. The zero-order chi connectivity index (χ0) is 22.1. The average molecular weight is 410 g/mol. The molecule has 0 aliphatic carbocycles. The van der Waals surface area contributed by atoms with Crippen LogP contribution in [-0.4, -0.2) is 37.4 Å². The molecule has 0 unspecified atom stereocenters. The summed E-state index contributed by atoms with van der Waals surface area (Å²) in [6, 6.07) is 15.9. The molecule has 2 amide bonds. The van der Waals surface area contributed by atoms with Gasteiger partial charge in [0.25, 0.3) is 0 Å². The van der Waals surface area contributed by atoms with Gasteiger partial charge in [-0.3, -0.25) is 9.59 Å². The number of nitrogens with zero attached hydrogens (tertiary/aromatic N) is 2. The van der Waals surface area contributed by atoms with E-state index in [4.69, 9.17) is 0 Å². The standard InChI is InChI=1S/C25H35N3O2/c1-6-16-28(25(30)22(7-2)19-12-10-9-11-13-19)18-20-17-21(26-24(29)8-3)14-15-23(20)27(4)5/h9-15,17,22H,6-8,16,18H2,1-5H3,(H,26,29)/t22-/m1/s1. The molecule has 0 fully saturated rings. The fraction of sp³-hybridized carbons (Fsp3) is 0.440. The molecular weight excluding hydrogens is 374 g/mol. The van der Waals surface area contributed by atoms with Gasteiger partial charge >= 0.3 is 0 Å². The van der Waals surface area contributed by atoms with E-state index in [2.05, 4.69) is 19.2 Å². The Morgan fingerprint density at radius 3 is 2.27 bits per heavy atom. The van der Waals surface area contributed by atoms with E-state index in [0.29, 0.717) is 19.5 Å². The van der Waals surface area contributed by atoms with Crippen molar-refractivity contribution in [1.29, 1.82) is 0 Å². The second kappa shape index (κ2) is 11.4. The molecule has 1 atom stereocenters. The summed E-state index contributed by atoms with van der Waals surface area (Å²) in [5, 5.41) is 2.93. The minimum absolute atomic E-state index is 0.0184. The Hall–Kier alpha value is -2.82. The maximum atomic E-state index is 13.5. The van der Waals surface area contributed by atoms with Crippen LogP contribution in [0.4, 0.5) is 11.4 Å². The molecule has 2 aromatic rings. The van der Waals surface area contributed by atoms with Crippen molar-refractivity contribution in [2.24, 2.45) is 0 Å². The number of carbonyl (C=O) groups excluding carboxylic acids is 2. The van der Waals surface area contributed by atoms with Crippen LogP contribution in [0.5, 0.6) is 0 Å². The average Bonchev–Trinajstić information content (AvgIpc) is 2.74. The van der Waals surface area contributed by atoms with Crippen LogP contribution in [0.25, 0.3) is 0 Å². The lowest BCUT2D eigenvalue weighted by atomic mass is 9.94. The number of anilines is 2. The van der Waals surface area contributed by atoms with Gasteiger partial charge in [0.1, 0.15) is 0 Å². The Balaban J connectivity index is 2.35. The number of hydrogen-bond acceptors (Lipinski definition) is 3. The molecule has 2 rings (SSSR count). The van der Waals surface area contributed by atoms with Gasteiger partial charge in [-0.15, -0.1) is 0 Å².